The first-order chi connectivity index (χ1) is 10.0. The molecule has 2 aromatic rings. The van der Waals surface area contributed by atoms with Crippen molar-refractivity contribution in [2.45, 2.75) is 19.9 Å². The third-order valence-corrected chi connectivity index (χ3v) is 3.57. The molecule has 0 bridgehead atoms. The Bertz CT molecular complexity index is 636. The van der Waals surface area contributed by atoms with Gasteiger partial charge < -0.3 is 15.7 Å². The maximum Gasteiger partial charge on any atom is 0.255 e. The van der Waals surface area contributed by atoms with Crippen LogP contribution in [0.2, 0.25) is 0 Å². The molecule has 21 heavy (non-hydrogen) atoms. The number of carbonyl (C=O) groups is 1. The Balaban J connectivity index is 2.10. The first-order valence-electron chi connectivity index (χ1n) is 6.89. The van der Waals surface area contributed by atoms with Crippen molar-refractivity contribution in [2.75, 3.05) is 12.4 Å². The van der Waals surface area contributed by atoms with E-state index in [1.807, 2.05) is 31.3 Å². The van der Waals surface area contributed by atoms with Crippen LogP contribution in [0, 0.1) is 6.92 Å². The molecule has 0 radical (unpaired) electrons. The van der Waals surface area contributed by atoms with Crippen LogP contribution in [-0.2, 0) is 0 Å². The van der Waals surface area contributed by atoms with Crippen LogP contribution in [0.4, 0.5) is 5.69 Å². The van der Waals surface area contributed by atoms with Crippen molar-refractivity contribution >= 4 is 11.6 Å². The number of aryl methyl sites for hydroxylation is 1. The number of benzene rings is 2. The first kappa shape index (κ1) is 15.1. The number of nitrogens with one attached hydrogen (secondary N) is 2. The van der Waals surface area contributed by atoms with E-state index in [1.54, 1.807) is 19.1 Å². The lowest BCUT2D eigenvalue weighted by atomic mass is 10.1. The van der Waals surface area contributed by atoms with Gasteiger partial charge in [0.1, 0.15) is 5.75 Å². The third-order valence-electron chi connectivity index (χ3n) is 3.57. The number of amides is 1. The van der Waals surface area contributed by atoms with Gasteiger partial charge in [0.25, 0.3) is 5.91 Å². The monoisotopic (exact) mass is 284 g/mol. The van der Waals surface area contributed by atoms with Gasteiger partial charge in [-0.3, -0.25) is 4.79 Å². The molecule has 110 valence electrons. The van der Waals surface area contributed by atoms with Gasteiger partial charge in [0, 0.05) is 17.3 Å². The highest BCUT2D eigenvalue weighted by atomic mass is 16.3. The summed E-state index contributed by atoms with van der Waals surface area (Å²) < 4.78 is 0. The summed E-state index contributed by atoms with van der Waals surface area (Å²) >= 11 is 0. The minimum atomic E-state index is -0.236. The summed E-state index contributed by atoms with van der Waals surface area (Å²) in [7, 11) is 1.91. The number of aromatic hydroxyl groups is 1. The van der Waals surface area contributed by atoms with Crippen molar-refractivity contribution in [1.82, 2.24) is 5.32 Å². The van der Waals surface area contributed by atoms with Crippen LogP contribution in [0.5, 0.6) is 5.75 Å². The van der Waals surface area contributed by atoms with Gasteiger partial charge in [-0.25, -0.2) is 0 Å². The molecule has 0 aromatic heterocycles. The zero-order chi connectivity index (χ0) is 15.4. The Morgan fingerprint density at radius 1 is 1.14 bits per heavy atom. The van der Waals surface area contributed by atoms with E-state index in [9.17, 15) is 9.90 Å². The van der Waals surface area contributed by atoms with Crippen molar-refractivity contribution in [3.63, 3.8) is 0 Å². The fourth-order valence-corrected chi connectivity index (χ4v) is 1.98. The molecule has 0 heterocycles. The Kier molecular flexibility index (Phi) is 4.60. The van der Waals surface area contributed by atoms with Gasteiger partial charge in [-0.15, -0.1) is 0 Å². The average molecular weight is 284 g/mol. The Morgan fingerprint density at radius 2 is 1.81 bits per heavy atom. The minimum Gasteiger partial charge on any atom is -0.508 e. The molecule has 1 atom stereocenters. The molecule has 0 aliphatic rings. The predicted octanol–water partition coefficient (Wildman–Crippen LogP) is 3.23. The second-order valence-electron chi connectivity index (χ2n) is 5.09. The predicted molar refractivity (Wildman–Crippen MR) is 84.7 cm³/mol. The van der Waals surface area contributed by atoms with Crippen LogP contribution >= 0.6 is 0 Å². The summed E-state index contributed by atoms with van der Waals surface area (Å²) in [5, 5.41) is 15.6. The zero-order valence-electron chi connectivity index (χ0n) is 12.5. The van der Waals surface area contributed by atoms with Gasteiger partial charge in [0.2, 0.25) is 0 Å². The molecular formula is C17H20N2O2. The highest BCUT2D eigenvalue weighted by Gasteiger charge is 2.09. The standard InChI is InChI=1S/C17H20N2O2/c1-11-4-5-14(10-16(11)20)17(21)19-15-8-6-13(7-9-15)12(2)18-3/h4-10,12,18,20H,1-3H3,(H,19,21). The van der Waals surface area contributed by atoms with E-state index in [-0.39, 0.29) is 17.7 Å². The van der Waals surface area contributed by atoms with E-state index in [0.717, 1.165) is 16.8 Å². The molecule has 0 aliphatic carbocycles. The van der Waals surface area contributed by atoms with Crippen molar-refractivity contribution in [2.24, 2.45) is 0 Å². The molecule has 4 nitrogen and oxygen atoms in total. The van der Waals surface area contributed by atoms with Crippen LogP contribution in [0.1, 0.15) is 34.5 Å². The van der Waals surface area contributed by atoms with Crippen molar-refractivity contribution in [1.29, 1.82) is 0 Å². The van der Waals surface area contributed by atoms with Crippen molar-refractivity contribution in [3.8, 4) is 5.75 Å². The van der Waals surface area contributed by atoms with Gasteiger partial charge in [-0.1, -0.05) is 18.2 Å². The maximum absolute atomic E-state index is 12.1. The maximum atomic E-state index is 12.1. The van der Waals surface area contributed by atoms with Crippen LogP contribution < -0.4 is 10.6 Å². The first-order valence-corrected chi connectivity index (χ1v) is 6.89. The summed E-state index contributed by atoms with van der Waals surface area (Å²) in [6, 6.07) is 12.9. The molecule has 1 unspecified atom stereocenters. The van der Waals surface area contributed by atoms with E-state index in [4.69, 9.17) is 0 Å². The Labute approximate surface area is 124 Å². The van der Waals surface area contributed by atoms with Gasteiger partial charge in [-0.05, 0) is 56.3 Å². The molecule has 2 rings (SSSR count). The van der Waals surface area contributed by atoms with E-state index in [0.29, 0.717) is 5.56 Å². The molecule has 0 aliphatic heterocycles. The van der Waals surface area contributed by atoms with Crippen molar-refractivity contribution in [3.05, 3.63) is 59.2 Å². The number of phenols is 1. The number of hydrogen-bond acceptors (Lipinski definition) is 3. The van der Waals surface area contributed by atoms with Gasteiger partial charge >= 0.3 is 0 Å². The minimum absolute atomic E-state index is 0.126. The van der Waals surface area contributed by atoms with E-state index >= 15 is 0 Å². The molecule has 0 saturated heterocycles. The number of carbonyl (C=O) groups excluding carboxylic acids is 1. The number of rotatable bonds is 4. The molecule has 4 heteroatoms. The average Bonchev–Trinajstić information content (AvgIpc) is 2.50. The molecule has 2 aromatic carbocycles. The largest absolute Gasteiger partial charge is 0.508 e. The van der Waals surface area contributed by atoms with Crippen LogP contribution in [-0.4, -0.2) is 18.1 Å². The lowest BCUT2D eigenvalue weighted by Gasteiger charge is -2.12. The van der Waals surface area contributed by atoms with Gasteiger partial charge in [0.05, 0.1) is 0 Å². The number of phenolic OH excluding ortho intramolecular Hbond substituents is 1. The normalized spacial score (nSPS) is 12.0. The Hall–Kier alpha value is -2.33. The van der Waals surface area contributed by atoms with Gasteiger partial charge in [0.15, 0.2) is 0 Å². The summed E-state index contributed by atoms with van der Waals surface area (Å²) in [5.41, 5.74) is 3.07. The zero-order valence-corrected chi connectivity index (χ0v) is 12.5. The second-order valence-corrected chi connectivity index (χ2v) is 5.09. The second kappa shape index (κ2) is 6.41. The molecular weight excluding hydrogens is 264 g/mol. The van der Waals surface area contributed by atoms with Crippen LogP contribution in [0.3, 0.4) is 0 Å². The number of hydrogen-bond donors (Lipinski definition) is 3. The van der Waals surface area contributed by atoms with Crippen LogP contribution in [0.25, 0.3) is 0 Å². The summed E-state index contributed by atoms with van der Waals surface area (Å²) in [6.45, 7) is 3.86. The summed E-state index contributed by atoms with van der Waals surface area (Å²) in [4.78, 5) is 12.1. The van der Waals surface area contributed by atoms with E-state index in [2.05, 4.69) is 17.6 Å². The number of anilines is 1. The topological polar surface area (TPSA) is 61.4 Å². The summed E-state index contributed by atoms with van der Waals surface area (Å²) in [5.74, 6) is -0.111. The molecule has 0 fully saturated rings. The van der Waals surface area contributed by atoms with Crippen molar-refractivity contribution < 1.29 is 9.90 Å². The van der Waals surface area contributed by atoms with Gasteiger partial charge in [-0.2, -0.15) is 0 Å². The lowest BCUT2D eigenvalue weighted by molar-refractivity contribution is 0.102. The summed E-state index contributed by atoms with van der Waals surface area (Å²) in [6.07, 6.45) is 0. The molecule has 3 N–H and O–H groups in total. The highest BCUT2D eigenvalue weighted by Crippen LogP contribution is 2.19. The van der Waals surface area contributed by atoms with E-state index in [1.165, 1.54) is 6.07 Å². The fraction of sp³-hybridized carbons (Fsp3) is 0.235. The lowest BCUT2D eigenvalue weighted by Crippen LogP contribution is -2.13. The Morgan fingerprint density at radius 3 is 2.38 bits per heavy atom. The quantitative estimate of drug-likeness (QED) is 0.807. The van der Waals surface area contributed by atoms with E-state index < -0.39 is 0 Å². The molecule has 1 amide bonds. The fourth-order valence-electron chi connectivity index (χ4n) is 1.98. The SMILES string of the molecule is CNC(C)c1ccc(NC(=O)c2ccc(C)c(O)c2)cc1. The smallest absolute Gasteiger partial charge is 0.255 e. The molecule has 0 saturated carbocycles. The highest BCUT2D eigenvalue weighted by molar-refractivity contribution is 6.04. The third kappa shape index (κ3) is 3.61. The molecule has 0 spiro atoms. The van der Waals surface area contributed by atoms with Crippen LogP contribution in [0.15, 0.2) is 42.5 Å².